The number of hydrogen-bond donors (Lipinski definition) is 0. The van der Waals surface area contributed by atoms with Gasteiger partial charge in [0.1, 0.15) is 0 Å². The van der Waals surface area contributed by atoms with E-state index < -0.39 is 0 Å². The average molecular weight is 1280 g/mol. The van der Waals surface area contributed by atoms with E-state index in [9.17, 15) is 0 Å². The first-order valence-corrected chi connectivity index (χ1v) is 34.1. The molecule has 100 heavy (non-hydrogen) atoms. The van der Waals surface area contributed by atoms with Crippen molar-refractivity contribution in [2.45, 2.75) is 0 Å². The number of para-hydroxylation sites is 4. The minimum atomic E-state index is 0.494. The minimum Gasteiger partial charge on any atom is -0.309 e. The maximum absolute atomic E-state index is 8.49. The molecule has 0 saturated heterocycles. The molecule has 0 saturated carbocycles. The SMILES string of the molecule is [2H]c1ccc2c(c1)c1cc(-c3ccc4c(c3)c3cc([2H])ccc3n4-c3ccc(-c4ccccc4)cc3)ccc1n2-c1ccc(-c2ccccc2)cc1.[2H]c1ccc2c(c1)c1cc(-c3ccc4c(c3)c3ccccc3n4-c3ccc(-c4ccccc4)cc3)ccc1n2-c1ccc(-c2ccccc2)cc1. The van der Waals surface area contributed by atoms with E-state index in [0.717, 1.165) is 105 Å². The Labute approximate surface area is 583 Å². The highest BCUT2D eigenvalue weighted by atomic mass is 15.0. The zero-order valence-electron chi connectivity index (χ0n) is 57.5. The van der Waals surface area contributed by atoms with Crippen LogP contribution in [0.25, 0.3) is 177 Å². The molecule has 0 unspecified atom stereocenters. The Morgan fingerprint density at radius 1 is 0.140 bits per heavy atom. The standard InChI is InChI=1S/2C48H32N2/c2*1-3-11-33(12-4-1)35-19-25-39(26-20-35)49-45-17-9-7-15-41(45)43-31-37(23-29-47(43)49)38-24-30-48-44(32-38)42-16-8-10-18-46(42)50(48)40-27-21-36(22-28-40)34-13-5-2-6-14-34/h2*1-32H/i7D,8D;7D. The molecule has 0 radical (unpaired) electrons. The number of benzene rings is 16. The van der Waals surface area contributed by atoms with Gasteiger partial charge in [-0.1, -0.05) is 267 Å². The van der Waals surface area contributed by atoms with E-state index in [4.69, 9.17) is 4.11 Å². The molecule has 16 aromatic carbocycles. The average Bonchev–Trinajstić information content (AvgIpc) is 1.60. The van der Waals surface area contributed by atoms with Gasteiger partial charge in [0.2, 0.25) is 0 Å². The number of hydrogen-bond acceptors (Lipinski definition) is 0. The third-order valence-electron chi connectivity index (χ3n) is 20.1. The van der Waals surface area contributed by atoms with Crippen LogP contribution in [0.5, 0.6) is 0 Å². The number of rotatable bonds is 10. The van der Waals surface area contributed by atoms with Crippen molar-refractivity contribution in [1.82, 2.24) is 18.3 Å². The van der Waals surface area contributed by atoms with E-state index in [1.165, 1.54) is 71.9 Å². The van der Waals surface area contributed by atoms with Crippen molar-refractivity contribution in [2.75, 3.05) is 0 Å². The first kappa shape index (κ1) is 54.9. The first-order valence-electron chi connectivity index (χ1n) is 35.6. The topological polar surface area (TPSA) is 19.7 Å². The molecule has 468 valence electrons. The van der Waals surface area contributed by atoms with Crippen LogP contribution in [-0.2, 0) is 0 Å². The Bertz CT molecular complexity index is 6430. The molecule has 0 atom stereocenters. The van der Waals surface area contributed by atoms with E-state index in [-0.39, 0.29) is 0 Å². The van der Waals surface area contributed by atoms with Crippen LogP contribution in [0, 0.1) is 0 Å². The molecule has 20 rings (SSSR count). The van der Waals surface area contributed by atoms with Gasteiger partial charge in [-0.15, -0.1) is 0 Å². The molecule has 0 bridgehead atoms. The molecule has 0 fully saturated rings. The number of fused-ring (bicyclic) bond motifs is 12. The second-order valence-corrected chi connectivity index (χ2v) is 25.8. The zero-order valence-corrected chi connectivity index (χ0v) is 54.5. The van der Waals surface area contributed by atoms with Crippen LogP contribution in [0.2, 0.25) is 0 Å². The Hall–Kier alpha value is -13.3. The molecule has 20 aromatic rings. The fourth-order valence-electron chi connectivity index (χ4n) is 15.3. The van der Waals surface area contributed by atoms with Gasteiger partial charge in [-0.25, -0.2) is 0 Å². The van der Waals surface area contributed by atoms with Crippen LogP contribution in [0.4, 0.5) is 0 Å². The van der Waals surface area contributed by atoms with Crippen LogP contribution < -0.4 is 0 Å². The van der Waals surface area contributed by atoms with Crippen molar-refractivity contribution < 1.29 is 4.11 Å². The molecule has 4 heterocycles. The fraction of sp³-hybridized carbons (Fsp3) is 0. The molecule has 0 amide bonds. The van der Waals surface area contributed by atoms with Gasteiger partial charge in [0, 0.05) is 65.8 Å². The van der Waals surface area contributed by atoms with Gasteiger partial charge in [0.05, 0.1) is 48.2 Å². The maximum Gasteiger partial charge on any atom is 0.0623 e. The van der Waals surface area contributed by atoms with Gasteiger partial charge >= 0.3 is 0 Å². The summed E-state index contributed by atoms with van der Waals surface area (Å²) in [6.07, 6.45) is 0. The normalized spacial score (nSPS) is 12.0. The second-order valence-electron chi connectivity index (χ2n) is 25.8. The van der Waals surface area contributed by atoms with E-state index in [1.807, 2.05) is 54.6 Å². The highest BCUT2D eigenvalue weighted by molar-refractivity contribution is 6.15. The van der Waals surface area contributed by atoms with Gasteiger partial charge in [0.15, 0.2) is 0 Å². The molecule has 0 N–H and O–H groups in total. The molecule has 0 aliphatic heterocycles. The van der Waals surface area contributed by atoms with Crippen molar-refractivity contribution in [1.29, 1.82) is 0 Å². The van der Waals surface area contributed by atoms with E-state index in [0.29, 0.717) is 18.1 Å². The summed E-state index contributed by atoms with van der Waals surface area (Å²) in [6, 6.07) is 132. The van der Waals surface area contributed by atoms with Crippen molar-refractivity contribution >= 4 is 87.2 Å². The van der Waals surface area contributed by atoms with Crippen molar-refractivity contribution in [2.24, 2.45) is 0 Å². The molecule has 4 nitrogen and oxygen atoms in total. The smallest absolute Gasteiger partial charge is 0.0623 e. The minimum absolute atomic E-state index is 0.494. The lowest BCUT2D eigenvalue weighted by molar-refractivity contribution is 1.18. The van der Waals surface area contributed by atoms with E-state index >= 15 is 0 Å². The van der Waals surface area contributed by atoms with Gasteiger partial charge < -0.3 is 18.3 Å². The monoisotopic (exact) mass is 1280 g/mol. The predicted octanol–water partition coefficient (Wildman–Crippen LogP) is 25.8. The Morgan fingerprint density at radius 2 is 0.330 bits per heavy atom. The van der Waals surface area contributed by atoms with Crippen molar-refractivity contribution in [3.63, 3.8) is 0 Å². The van der Waals surface area contributed by atoms with Gasteiger partial charge in [-0.2, -0.15) is 0 Å². The van der Waals surface area contributed by atoms with Gasteiger partial charge in [-0.3, -0.25) is 0 Å². The van der Waals surface area contributed by atoms with Crippen LogP contribution in [0.15, 0.2) is 388 Å². The maximum atomic E-state index is 8.49. The summed E-state index contributed by atoms with van der Waals surface area (Å²) >= 11 is 0. The molecule has 4 heteroatoms. The molecule has 4 aromatic heterocycles. The quantitative estimate of drug-likeness (QED) is 0.130. The van der Waals surface area contributed by atoms with Crippen molar-refractivity contribution in [3.8, 4) is 89.5 Å². The van der Waals surface area contributed by atoms with Crippen LogP contribution in [0.1, 0.15) is 4.11 Å². The van der Waals surface area contributed by atoms with E-state index in [2.05, 4.69) is 334 Å². The summed E-state index contributed by atoms with van der Waals surface area (Å²) in [4.78, 5) is 0. The third kappa shape index (κ3) is 10.1. The number of aromatic nitrogens is 4. The number of nitrogens with zero attached hydrogens (tertiary/aromatic N) is 4. The van der Waals surface area contributed by atoms with Gasteiger partial charge in [-0.05, 0) is 188 Å². The Kier molecular flexibility index (Phi) is 13.4. The summed E-state index contributed by atoms with van der Waals surface area (Å²) in [6.45, 7) is 0. The summed E-state index contributed by atoms with van der Waals surface area (Å²) in [7, 11) is 0. The fourth-order valence-corrected chi connectivity index (χ4v) is 15.3. The Balaban J connectivity index is 0.000000142. The first-order chi connectivity index (χ1) is 50.8. The van der Waals surface area contributed by atoms with Crippen LogP contribution in [-0.4, -0.2) is 18.3 Å². The molecular weight excluding hydrogens is 1210 g/mol. The van der Waals surface area contributed by atoms with Gasteiger partial charge in [0.25, 0.3) is 0 Å². The highest BCUT2D eigenvalue weighted by Gasteiger charge is 2.20. The predicted molar refractivity (Wildman–Crippen MR) is 423 cm³/mol. The van der Waals surface area contributed by atoms with E-state index in [1.54, 1.807) is 0 Å². The third-order valence-corrected chi connectivity index (χ3v) is 20.1. The molecule has 0 aliphatic rings. The lowest BCUT2D eigenvalue weighted by Gasteiger charge is -2.11. The Morgan fingerprint density at radius 3 is 0.590 bits per heavy atom. The summed E-state index contributed by atoms with van der Waals surface area (Å²) in [5.74, 6) is 0. The molecule has 0 spiro atoms. The summed E-state index contributed by atoms with van der Waals surface area (Å²) < 4.78 is 34.8. The summed E-state index contributed by atoms with van der Waals surface area (Å²) in [5.41, 5.74) is 27.5. The van der Waals surface area contributed by atoms with Crippen molar-refractivity contribution in [3.05, 3.63) is 388 Å². The highest BCUT2D eigenvalue weighted by Crippen LogP contribution is 2.42. The zero-order chi connectivity index (χ0) is 68.7. The molecule has 0 aliphatic carbocycles. The molecular formula is C96H64N4. The second kappa shape index (κ2) is 24.4. The van der Waals surface area contributed by atoms with Crippen LogP contribution >= 0.6 is 0 Å². The largest absolute Gasteiger partial charge is 0.309 e. The van der Waals surface area contributed by atoms with Crippen LogP contribution in [0.3, 0.4) is 0 Å². The lowest BCUT2D eigenvalue weighted by Crippen LogP contribution is -1.94. The lowest BCUT2D eigenvalue weighted by atomic mass is 10.0. The summed E-state index contributed by atoms with van der Waals surface area (Å²) in [5, 5.41) is 9.04.